The van der Waals surface area contributed by atoms with Gasteiger partial charge >= 0.3 is 0 Å². The van der Waals surface area contributed by atoms with E-state index in [0.717, 1.165) is 22.3 Å². The molecule has 1 N–H and O–H groups in total. The van der Waals surface area contributed by atoms with Gasteiger partial charge < -0.3 is 0 Å². The van der Waals surface area contributed by atoms with Crippen molar-refractivity contribution in [3.05, 3.63) is 84.2 Å². The van der Waals surface area contributed by atoms with Gasteiger partial charge in [-0.1, -0.05) is 36.4 Å². The van der Waals surface area contributed by atoms with Gasteiger partial charge in [-0.3, -0.25) is 4.79 Å². The summed E-state index contributed by atoms with van der Waals surface area (Å²) >= 11 is 0. The smallest absolute Gasteiger partial charge is 0.267 e. The monoisotopic (exact) mass is 356 g/mol. The third kappa shape index (κ3) is 3.57. The van der Waals surface area contributed by atoms with Gasteiger partial charge in [0.25, 0.3) is 5.91 Å². The first-order valence-corrected chi connectivity index (χ1v) is 8.38. The topological polar surface area (TPSA) is 85.1 Å². The molecule has 1 heterocycles. The number of rotatable bonds is 4. The van der Waals surface area contributed by atoms with E-state index in [1.807, 2.05) is 31.2 Å². The van der Waals surface area contributed by atoms with Crippen molar-refractivity contribution in [2.45, 2.75) is 6.92 Å². The lowest BCUT2D eigenvalue weighted by Gasteiger charge is -2.05. The van der Waals surface area contributed by atoms with Crippen molar-refractivity contribution < 1.29 is 4.79 Å². The highest BCUT2D eigenvalue weighted by Gasteiger charge is 2.06. The Kier molecular flexibility index (Phi) is 4.40. The van der Waals surface area contributed by atoms with Gasteiger partial charge in [0.2, 0.25) is 0 Å². The Balaban J connectivity index is 1.48. The zero-order chi connectivity index (χ0) is 18.6. The highest BCUT2D eigenvalue weighted by molar-refractivity contribution is 6.03. The molecule has 4 rings (SSSR count). The molecule has 0 aliphatic rings. The van der Waals surface area contributed by atoms with Crippen LogP contribution in [0.5, 0.6) is 0 Å². The Morgan fingerprint density at radius 2 is 1.70 bits per heavy atom. The van der Waals surface area contributed by atoms with Gasteiger partial charge in [0.1, 0.15) is 6.33 Å². The summed E-state index contributed by atoms with van der Waals surface area (Å²) in [5.74, 6) is -0.279. The number of tetrazole rings is 1. The summed E-state index contributed by atoms with van der Waals surface area (Å²) in [5.41, 5.74) is 5.57. The minimum Gasteiger partial charge on any atom is -0.267 e. The molecule has 0 radical (unpaired) electrons. The Labute approximate surface area is 155 Å². The summed E-state index contributed by atoms with van der Waals surface area (Å²) in [4.78, 5) is 12.3. The van der Waals surface area contributed by atoms with Crippen molar-refractivity contribution in [3.8, 4) is 5.69 Å². The fourth-order valence-corrected chi connectivity index (χ4v) is 2.72. The van der Waals surface area contributed by atoms with Crippen LogP contribution in [-0.4, -0.2) is 31.8 Å². The Morgan fingerprint density at radius 1 is 0.963 bits per heavy atom. The molecule has 0 saturated carbocycles. The van der Waals surface area contributed by atoms with Crippen molar-refractivity contribution in [1.82, 2.24) is 25.6 Å². The fraction of sp³-hybridized carbons (Fsp3) is 0.0500. The van der Waals surface area contributed by atoms with Crippen LogP contribution < -0.4 is 5.43 Å². The van der Waals surface area contributed by atoms with E-state index in [1.165, 1.54) is 16.4 Å². The predicted octanol–water partition coefficient (Wildman–Crippen LogP) is 2.97. The van der Waals surface area contributed by atoms with Crippen LogP contribution in [0.15, 0.2) is 78.2 Å². The molecule has 1 aromatic heterocycles. The molecule has 0 aliphatic carbocycles. The number of nitrogens with one attached hydrogen (secondary N) is 1. The number of nitrogens with zero attached hydrogens (tertiary/aromatic N) is 5. The SMILES string of the molecule is C/C(=N/NC(=O)c1ccc(-n2cnnn2)cc1)c1ccc2ccccc2c1. The Morgan fingerprint density at radius 3 is 2.44 bits per heavy atom. The van der Waals surface area contributed by atoms with E-state index in [4.69, 9.17) is 0 Å². The molecule has 0 atom stereocenters. The molecule has 0 unspecified atom stereocenters. The molecule has 7 heteroatoms. The van der Waals surface area contributed by atoms with Crippen LogP contribution in [0.4, 0.5) is 0 Å². The molecule has 0 aliphatic heterocycles. The number of carbonyl (C=O) groups is 1. The van der Waals surface area contributed by atoms with Crippen molar-refractivity contribution in [3.63, 3.8) is 0 Å². The van der Waals surface area contributed by atoms with Crippen molar-refractivity contribution in [2.24, 2.45) is 5.10 Å². The second kappa shape index (κ2) is 7.17. The zero-order valence-electron chi connectivity index (χ0n) is 14.6. The number of carbonyl (C=O) groups excluding carboxylic acids is 1. The van der Waals surface area contributed by atoms with Crippen LogP contribution in [0.25, 0.3) is 16.5 Å². The summed E-state index contributed by atoms with van der Waals surface area (Å²) in [7, 11) is 0. The number of hydrazone groups is 1. The molecule has 27 heavy (non-hydrogen) atoms. The maximum Gasteiger partial charge on any atom is 0.271 e. The molecule has 0 spiro atoms. The third-order valence-electron chi connectivity index (χ3n) is 4.24. The standard InChI is InChI=1S/C20H16N6O/c1-14(17-7-6-15-4-2-3-5-18(15)12-17)22-23-20(27)16-8-10-19(11-9-16)26-13-21-24-25-26/h2-13H,1H3,(H,23,27)/b22-14-. The third-order valence-corrected chi connectivity index (χ3v) is 4.24. The Hall–Kier alpha value is -3.87. The van der Waals surface area contributed by atoms with E-state index in [9.17, 15) is 4.79 Å². The van der Waals surface area contributed by atoms with Gasteiger partial charge in [-0.15, -0.1) is 5.10 Å². The summed E-state index contributed by atoms with van der Waals surface area (Å²) < 4.78 is 1.52. The molecule has 0 bridgehead atoms. The number of hydrogen-bond acceptors (Lipinski definition) is 5. The van der Waals surface area contributed by atoms with E-state index in [0.29, 0.717) is 5.56 Å². The number of amides is 1. The number of benzene rings is 3. The van der Waals surface area contributed by atoms with Crippen molar-refractivity contribution in [1.29, 1.82) is 0 Å². The lowest BCUT2D eigenvalue weighted by atomic mass is 10.0. The predicted molar refractivity (Wildman–Crippen MR) is 103 cm³/mol. The second-order valence-corrected chi connectivity index (χ2v) is 6.00. The highest BCUT2D eigenvalue weighted by Crippen LogP contribution is 2.16. The number of fused-ring (bicyclic) bond motifs is 1. The van der Waals surface area contributed by atoms with Gasteiger partial charge in [-0.2, -0.15) is 5.10 Å². The molecule has 4 aromatic rings. The van der Waals surface area contributed by atoms with Crippen LogP contribution in [0.1, 0.15) is 22.8 Å². The van der Waals surface area contributed by atoms with Gasteiger partial charge in [0, 0.05) is 5.56 Å². The first-order valence-electron chi connectivity index (χ1n) is 8.38. The van der Waals surface area contributed by atoms with Crippen LogP contribution in [0.2, 0.25) is 0 Å². The average molecular weight is 356 g/mol. The summed E-state index contributed by atoms with van der Waals surface area (Å²) in [6.07, 6.45) is 1.49. The van der Waals surface area contributed by atoms with E-state index in [-0.39, 0.29) is 5.91 Å². The highest BCUT2D eigenvalue weighted by atomic mass is 16.2. The number of hydrogen-bond donors (Lipinski definition) is 1. The van der Waals surface area contributed by atoms with Gasteiger partial charge in [-0.05, 0) is 64.0 Å². The van der Waals surface area contributed by atoms with Gasteiger partial charge in [0.05, 0.1) is 11.4 Å². The normalized spacial score (nSPS) is 11.5. The molecule has 1 amide bonds. The van der Waals surface area contributed by atoms with Crippen LogP contribution in [0.3, 0.4) is 0 Å². The molecule has 0 saturated heterocycles. The molecule has 3 aromatic carbocycles. The summed E-state index contributed by atoms with van der Waals surface area (Å²) in [6, 6.07) is 21.2. The first kappa shape index (κ1) is 16.6. The van der Waals surface area contributed by atoms with Crippen molar-refractivity contribution in [2.75, 3.05) is 0 Å². The van der Waals surface area contributed by atoms with Crippen molar-refractivity contribution >= 4 is 22.4 Å². The van der Waals surface area contributed by atoms with Gasteiger partial charge in [-0.25, -0.2) is 10.1 Å². The van der Waals surface area contributed by atoms with E-state index in [2.05, 4.69) is 44.3 Å². The average Bonchev–Trinajstić information content (AvgIpc) is 3.26. The second-order valence-electron chi connectivity index (χ2n) is 6.00. The minimum atomic E-state index is -0.279. The lowest BCUT2D eigenvalue weighted by molar-refractivity contribution is 0.0955. The van der Waals surface area contributed by atoms with E-state index >= 15 is 0 Å². The maximum absolute atomic E-state index is 12.3. The molecule has 0 fully saturated rings. The Bertz CT molecular complexity index is 1120. The van der Waals surface area contributed by atoms with Crippen LogP contribution >= 0.6 is 0 Å². The molecular formula is C20H16N6O. The molecule has 7 nitrogen and oxygen atoms in total. The lowest BCUT2D eigenvalue weighted by Crippen LogP contribution is -2.19. The van der Waals surface area contributed by atoms with E-state index < -0.39 is 0 Å². The largest absolute Gasteiger partial charge is 0.271 e. The zero-order valence-corrected chi connectivity index (χ0v) is 14.6. The van der Waals surface area contributed by atoms with Crippen LogP contribution in [-0.2, 0) is 0 Å². The summed E-state index contributed by atoms with van der Waals surface area (Å²) in [5, 5.41) is 17.5. The number of aromatic nitrogens is 4. The molecule has 132 valence electrons. The summed E-state index contributed by atoms with van der Waals surface area (Å²) in [6.45, 7) is 1.87. The first-order chi connectivity index (χ1) is 13.2. The minimum absolute atomic E-state index is 0.279. The fourth-order valence-electron chi connectivity index (χ4n) is 2.72. The maximum atomic E-state index is 12.3. The molecular weight excluding hydrogens is 340 g/mol. The van der Waals surface area contributed by atoms with E-state index in [1.54, 1.807) is 24.3 Å². The van der Waals surface area contributed by atoms with Crippen LogP contribution in [0, 0.1) is 0 Å². The quantitative estimate of drug-likeness (QED) is 0.450. The van der Waals surface area contributed by atoms with Gasteiger partial charge in [0.15, 0.2) is 0 Å².